The number of hydrogen-bond donors (Lipinski definition) is 1. The normalized spacial score (nSPS) is 17.6. The first kappa shape index (κ1) is 30.4. The Balaban J connectivity index is 1.13. The molecule has 4 heterocycles. The van der Waals surface area contributed by atoms with Crippen LogP contribution in [-0.4, -0.2) is 106 Å². The van der Waals surface area contributed by atoms with Gasteiger partial charge in [-0.3, -0.25) is 14.5 Å². The standard InChI is InChI=1S/C32H48FN9/c1-23(2)40-17-15-39(16-18-40)14-13-38(6)28-9-11-41(12-10-28)30-8-7-27(19-29(30)33)36-32-34-20-25(5)31(37-32)26-21-35-42(22-26)24(3)4/h7-8,19-24,28H,9-18H2,1-6H3,(H,34,36,37). The number of hydrogen-bond acceptors (Lipinski definition) is 8. The third-order valence-electron chi connectivity index (χ3n) is 8.91. The van der Waals surface area contributed by atoms with Gasteiger partial charge in [0.1, 0.15) is 5.82 Å². The fraction of sp³-hybridized carbons (Fsp3) is 0.594. The summed E-state index contributed by atoms with van der Waals surface area (Å²) in [4.78, 5) is 19.0. The lowest BCUT2D eigenvalue weighted by Gasteiger charge is -2.40. The molecular weight excluding hydrogens is 529 g/mol. The highest BCUT2D eigenvalue weighted by atomic mass is 19.1. The molecule has 2 aliphatic rings. The third kappa shape index (κ3) is 7.27. The molecule has 2 aliphatic heterocycles. The largest absolute Gasteiger partial charge is 0.369 e. The van der Waals surface area contributed by atoms with E-state index in [0.717, 1.165) is 68.9 Å². The first-order valence-electron chi connectivity index (χ1n) is 15.5. The van der Waals surface area contributed by atoms with Gasteiger partial charge in [-0.25, -0.2) is 14.4 Å². The van der Waals surface area contributed by atoms with Gasteiger partial charge in [-0.1, -0.05) is 0 Å². The van der Waals surface area contributed by atoms with E-state index in [1.165, 1.54) is 13.1 Å². The molecule has 0 atom stereocenters. The highest BCUT2D eigenvalue weighted by Crippen LogP contribution is 2.29. The fourth-order valence-electron chi connectivity index (χ4n) is 6.04. The number of halogens is 1. The maximum atomic E-state index is 15.3. The van der Waals surface area contributed by atoms with E-state index in [-0.39, 0.29) is 11.9 Å². The summed E-state index contributed by atoms with van der Waals surface area (Å²) in [5.74, 6) is 0.212. The molecule has 2 saturated heterocycles. The van der Waals surface area contributed by atoms with Gasteiger partial charge in [0.2, 0.25) is 5.95 Å². The number of rotatable bonds is 10. The minimum atomic E-state index is -0.224. The molecule has 0 amide bonds. The Kier molecular flexibility index (Phi) is 9.75. The number of nitrogens with zero attached hydrogens (tertiary/aromatic N) is 8. The molecule has 1 aromatic carbocycles. The van der Waals surface area contributed by atoms with Gasteiger partial charge in [0.15, 0.2) is 0 Å². The van der Waals surface area contributed by atoms with Crippen LogP contribution in [0.15, 0.2) is 36.8 Å². The summed E-state index contributed by atoms with van der Waals surface area (Å²) in [5.41, 5.74) is 4.01. The first-order chi connectivity index (χ1) is 20.2. The SMILES string of the molecule is Cc1cnc(Nc2ccc(N3CCC(N(C)CCN4CCN(C(C)C)CC4)CC3)c(F)c2)nc1-c1cnn(C(C)C)c1. The van der Waals surface area contributed by atoms with E-state index < -0.39 is 0 Å². The Morgan fingerprint density at radius 1 is 1.00 bits per heavy atom. The van der Waals surface area contributed by atoms with Crippen LogP contribution < -0.4 is 10.2 Å². The summed E-state index contributed by atoms with van der Waals surface area (Å²) in [6.07, 6.45) is 7.70. The van der Waals surface area contributed by atoms with E-state index >= 15 is 4.39 Å². The van der Waals surface area contributed by atoms with Gasteiger partial charge in [-0.05, 0) is 78.3 Å². The molecule has 2 fully saturated rings. The Bertz CT molecular complexity index is 1310. The number of likely N-dealkylation sites (N-methyl/N-ethyl adjacent to an activating group) is 1. The monoisotopic (exact) mass is 577 g/mol. The van der Waals surface area contributed by atoms with Gasteiger partial charge in [0, 0.05) is 94.1 Å². The van der Waals surface area contributed by atoms with Crippen molar-refractivity contribution in [3.05, 3.63) is 48.2 Å². The van der Waals surface area contributed by atoms with Crippen molar-refractivity contribution in [2.24, 2.45) is 0 Å². The van der Waals surface area contributed by atoms with Gasteiger partial charge < -0.3 is 15.1 Å². The zero-order chi connectivity index (χ0) is 29.8. The van der Waals surface area contributed by atoms with Crippen LogP contribution in [0.3, 0.4) is 0 Å². The highest BCUT2D eigenvalue weighted by Gasteiger charge is 2.25. The number of aromatic nitrogens is 4. The predicted octanol–water partition coefficient (Wildman–Crippen LogP) is 5.04. The van der Waals surface area contributed by atoms with E-state index in [0.29, 0.717) is 29.4 Å². The lowest BCUT2D eigenvalue weighted by molar-refractivity contribution is 0.0940. The molecule has 0 radical (unpaired) electrons. The lowest BCUT2D eigenvalue weighted by Crippen LogP contribution is -2.51. The zero-order valence-corrected chi connectivity index (χ0v) is 26.2. The zero-order valence-electron chi connectivity index (χ0n) is 26.2. The van der Waals surface area contributed by atoms with Crippen molar-refractivity contribution < 1.29 is 4.39 Å². The average molecular weight is 578 g/mol. The predicted molar refractivity (Wildman–Crippen MR) is 169 cm³/mol. The Hall–Kier alpha value is -3.08. The summed E-state index contributed by atoms with van der Waals surface area (Å²) in [7, 11) is 2.25. The van der Waals surface area contributed by atoms with Crippen molar-refractivity contribution in [3.8, 4) is 11.3 Å². The van der Waals surface area contributed by atoms with Crippen molar-refractivity contribution >= 4 is 17.3 Å². The summed E-state index contributed by atoms with van der Waals surface area (Å²) in [6.45, 7) is 19.3. The van der Waals surface area contributed by atoms with E-state index in [1.54, 1.807) is 12.3 Å². The lowest BCUT2D eigenvalue weighted by atomic mass is 10.0. The van der Waals surface area contributed by atoms with Crippen LogP contribution in [0.5, 0.6) is 0 Å². The number of piperidine rings is 1. The Morgan fingerprint density at radius 2 is 1.74 bits per heavy atom. The maximum absolute atomic E-state index is 15.3. The van der Waals surface area contributed by atoms with Crippen molar-refractivity contribution in [1.82, 2.24) is 34.4 Å². The molecule has 0 saturated carbocycles. The molecule has 9 nitrogen and oxygen atoms in total. The maximum Gasteiger partial charge on any atom is 0.227 e. The Labute approximate surface area is 250 Å². The second-order valence-corrected chi connectivity index (χ2v) is 12.5. The second kappa shape index (κ2) is 13.5. The van der Waals surface area contributed by atoms with Gasteiger partial charge in [-0.15, -0.1) is 0 Å². The van der Waals surface area contributed by atoms with Crippen LogP contribution in [0.2, 0.25) is 0 Å². The van der Waals surface area contributed by atoms with Gasteiger partial charge in [0.05, 0.1) is 17.6 Å². The van der Waals surface area contributed by atoms with Crippen molar-refractivity contribution in [3.63, 3.8) is 0 Å². The molecule has 1 N–H and O–H groups in total. The van der Waals surface area contributed by atoms with Crippen LogP contribution in [0.25, 0.3) is 11.3 Å². The van der Waals surface area contributed by atoms with Gasteiger partial charge >= 0.3 is 0 Å². The number of anilines is 3. The first-order valence-corrected chi connectivity index (χ1v) is 15.5. The fourth-order valence-corrected chi connectivity index (χ4v) is 6.04. The molecule has 10 heteroatoms. The molecule has 0 bridgehead atoms. The van der Waals surface area contributed by atoms with Crippen molar-refractivity contribution in [2.75, 3.05) is 69.6 Å². The molecule has 0 spiro atoms. The smallest absolute Gasteiger partial charge is 0.227 e. The summed E-state index contributed by atoms with van der Waals surface area (Å²) >= 11 is 0. The quantitative estimate of drug-likeness (QED) is 0.360. The van der Waals surface area contributed by atoms with Crippen molar-refractivity contribution in [1.29, 1.82) is 0 Å². The van der Waals surface area contributed by atoms with Crippen LogP contribution in [0, 0.1) is 12.7 Å². The molecule has 0 unspecified atom stereocenters. The number of piperazine rings is 1. The van der Waals surface area contributed by atoms with E-state index in [4.69, 9.17) is 4.98 Å². The van der Waals surface area contributed by atoms with Crippen LogP contribution >= 0.6 is 0 Å². The molecule has 42 heavy (non-hydrogen) atoms. The highest BCUT2D eigenvalue weighted by molar-refractivity contribution is 5.65. The van der Waals surface area contributed by atoms with Crippen LogP contribution in [-0.2, 0) is 0 Å². The number of benzene rings is 1. The van der Waals surface area contributed by atoms with Crippen molar-refractivity contribution in [2.45, 2.75) is 65.6 Å². The average Bonchev–Trinajstić information content (AvgIpc) is 3.48. The molecule has 5 rings (SSSR count). The summed E-state index contributed by atoms with van der Waals surface area (Å²) in [5, 5.41) is 7.63. The second-order valence-electron chi connectivity index (χ2n) is 12.5. The Morgan fingerprint density at radius 3 is 2.38 bits per heavy atom. The van der Waals surface area contributed by atoms with Gasteiger partial charge in [0.25, 0.3) is 0 Å². The third-order valence-corrected chi connectivity index (χ3v) is 8.91. The minimum Gasteiger partial charge on any atom is -0.369 e. The van der Waals surface area contributed by atoms with E-state index in [1.807, 2.05) is 36.1 Å². The van der Waals surface area contributed by atoms with Crippen LogP contribution in [0.4, 0.5) is 21.7 Å². The van der Waals surface area contributed by atoms with Gasteiger partial charge in [-0.2, -0.15) is 5.10 Å². The molecule has 3 aromatic rings. The molecule has 2 aromatic heterocycles. The molecule has 0 aliphatic carbocycles. The van der Waals surface area contributed by atoms with Crippen LogP contribution in [0.1, 0.15) is 52.1 Å². The summed E-state index contributed by atoms with van der Waals surface area (Å²) in [6, 6.07) is 6.79. The number of nitrogens with one attached hydrogen (secondary N) is 1. The topological polar surface area (TPSA) is 68.6 Å². The van der Waals surface area contributed by atoms with E-state index in [2.05, 4.69) is 69.7 Å². The van der Waals surface area contributed by atoms with E-state index in [9.17, 15) is 0 Å². The summed E-state index contributed by atoms with van der Waals surface area (Å²) < 4.78 is 17.2. The number of aryl methyl sites for hydroxylation is 1. The minimum absolute atomic E-state index is 0.224. The molecular formula is C32H48FN9. The molecule has 228 valence electrons.